The van der Waals surface area contributed by atoms with Gasteiger partial charge in [0.2, 0.25) is 0 Å². The quantitative estimate of drug-likeness (QED) is 0.817. The predicted octanol–water partition coefficient (Wildman–Crippen LogP) is 2.50. The van der Waals surface area contributed by atoms with E-state index in [0.717, 1.165) is 11.5 Å². The molecule has 1 atom stereocenters. The molecule has 0 radical (unpaired) electrons. The molecule has 0 aliphatic heterocycles. The van der Waals surface area contributed by atoms with Crippen LogP contribution in [0.15, 0.2) is 18.3 Å². The van der Waals surface area contributed by atoms with Gasteiger partial charge in [-0.2, -0.15) is 11.8 Å². The molecule has 0 spiro atoms. The van der Waals surface area contributed by atoms with E-state index in [0.29, 0.717) is 5.69 Å². The Labute approximate surface area is 88.1 Å². The average molecular weight is 213 g/mol. The average Bonchev–Trinajstić information content (AvgIpc) is 2.62. The second kappa shape index (κ2) is 5.10. The fourth-order valence-electron chi connectivity index (χ4n) is 1.33. The van der Waals surface area contributed by atoms with Crippen LogP contribution in [0.4, 0.5) is 0 Å². The van der Waals surface area contributed by atoms with Crippen molar-refractivity contribution in [3.63, 3.8) is 0 Å². The summed E-state index contributed by atoms with van der Waals surface area (Å²) in [5, 5.41) is 8.90. The van der Waals surface area contributed by atoms with E-state index in [1.165, 1.54) is 0 Å². The summed E-state index contributed by atoms with van der Waals surface area (Å²) in [6.07, 6.45) is 1.82. The predicted molar refractivity (Wildman–Crippen MR) is 59.1 cm³/mol. The lowest BCUT2D eigenvalue weighted by Crippen LogP contribution is -2.13. The standard InChI is InChI=1S/C10H15NO2S/c1-3-14-7-8(2)11-6-4-5-9(11)10(12)13/h4-6,8H,3,7H2,1-2H3,(H,12,13). The molecule has 78 valence electrons. The number of carboxylic acids is 1. The minimum absolute atomic E-state index is 0.237. The number of carbonyl (C=O) groups is 1. The first-order valence-corrected chi connectivity index (χ1v) is 5.80. The summed E-state index contributed by atoms with van der Waals surface area (Å²) in [5.41, 5.74) is 0.370. The van der Waals surface area contributed by atoms with Crippen LogP contribution in [0.25, 0.3) is 0 Å². The van der Waals surface area contributed by atoms with Crippen molar-refractivity contribution in [1.29, 1.82) is 0 Å². The molecule has 4 heteroatoms. The van der Waals surface area contributed by atoms with Crippen molar-refractivity contribution in [3.8, 4) is 0 Å². The van der Waals surface area contributed by atoms with Crippen LogP contribution in [0.5, 0.6) is 0 Å². The van der Waals surface area contributed by atoms with Gasteiger partial charge in [-0.1, -0.05) is 6.92 Å². The minimum Gasteiger partial charge on any atom is -0.477 e. The molecule has 1 unspecified atom stereocenters. The Hall–Kier alpha value is -0.900. The molecular formula is C10H15NO2S. The van der Waals surface area contributed by atoms with Gasteiger partial charge in [-0.15, -0.1) is 0 Å². The van der Waals surface area contributed by atoms with Crippen LogP contribution in [0, 0.1) is 0 Å². The second-order valence-corrected chi connectivity index (χ2v) is 4.43. The van der Waals surface area contributed by atoms with Crippen LogP contribution in [0.2, 0.25) is 0 Å². The first-order chi connectivity index (χ1) is 6.66. The lowest BCUT2D eigenvalue weighted by Gasteiger charge is -2.14. The molecule has 1 rings (SSSR count). The minimum atomic E-state index is -0.858. The highest BCUT2D eigenvalue weighted by Gasteiger charge is 2.12. The molecule has 0 saturated carbocycles. The third kappa shape index (κ3) is 2.54. The van der Waals surface area contributed by atoms with Crippen LogP contribution >= 0.6 is 11.8 Å². The maximum atomic E-state index is 10.8. The van der Waals surface area contributed by atoms with Crippen molar-refractivity contribution in [2.45, 2.75) is 19.9 Å². The summed E-state index contributed by atoms with van der Waals surface area (Å²) in [4.78, 5) is 10.8. The molecule has 0 amide bonds. The van der Waals surface area contributed by atoms with Crippen molar-refractivity contribution < 1.29 is 9.90 Å². The smallest absolute Gasteiger partial charge is 0.352 e. The van der Waals surface area contributed by atoms with Crippen molar-refractivity contribution in [2.24, 2.45) is 0 Å². The summed E-state index contributed by atoms with van der Waals surface area (Å²) >= 11 is 1.82. The third-order valence-corrected chi connectivity index (χ3v) is 3.16. The van der Waals surface area contributed by atoms with Crippen LogP contribution < -0.4 is 0 Å². The van der Waals surface area contributed by atoms with Crippen molar-refractivity contribution in [3.05, 3.63) is 24.0 Å². The van der Waals surface area contributed by atoms with Crippen LogP contribution in [-0.4, -0.2) is 27.1 Å². The molecule has 1 aromatic rings. The lowest BCUT2D eigenvalue weighted by molar-refractivity contribution is 0.0683. The lowest BCUT2D eigenvalue weighted by atomic mass is 10.3. The van der Waals surface area contributed by atoms with E-state index >= 15 is 0 Å². The Kier molecular flexibility index (Phi) is 4.07. The number of thioether (sulfide) groups is 1. The first kappa shape index (κ1) is 11.2. The second-order valence-electron chi connectivity index (χ2n) is 3.11. The molecule has 0 aromatic carbocycles. The van der Waals surface area contributed by atoms with E-state index < -0.39 is 5.97 Å². The Balaban J connectivity index is 2.73. The monoisotopic (exact) mass is 213 g/mol. The van der Waals surface area contributed by atoms with E-state index in [2.05, 4.69) is 6.92 Å². The number of aromatic nitrogens is 1. The largest absolute Gasteiger partial charge is 0.477 e. The highest BCUT2D eigenvalue weighted by atomic mass is 32.2. The molecule has 0 aliphatic rings. The topological polar surface area (TPSA) is 42.2 Å². The summed E-state index contributed by atoms with van der Waals surface area (Å²) in [7, 11) is 0. The SMILES string of the molecule is CCSCC(C)n1cccc1C(=O)O. The number of carboxylic acid groups (broad SMARTS) is 1. The maximum Gasteiger partial charge on any atom is 0.352 e. The van der Waals surface area contributed by atoms with Crippen molar-refractivity contribution in [2.75, 3.05) is 11.5 Å². The highest BCUT2D eigenvalue weighted by Crippen LogP contribution is 2.16. The van der Waals surface area contributed by atoms with E-state index in [1.807, 2.05) is 29.4 Å². The molecule has 0 bridgehead atoms. The van der Waals surface area contributed by atoms with Gasteiger partial charge in [0.1, 0.15) is 5.69 Å². The zero-order valence-corrected chi connectivity index (χ0v) is 9.25. The number of nitrogens with zero attached hydrogens (tertiary/aromatic N) is 1. The van der Waals surface area contributed by atoms with Gasteiger partial charge >= 0.3 is 5.97 Å². The Morgan fingerprint density at radius 3 is 3.00 bits per heavy atom. The van der Waals surface area contributed by atoms with Crippen molar-refractivity contribution >= 4 is 17.7 Å². The van der Waals surface area contributed by atoms with E-state index in [1.54, 1.807) is 12.1 Å². The Morgan fingerprint density at radius 1 is 1.71 bits per heavy atom. The van der Waals surface area contributed by atoms with E-state index in [9.17, 15) is 4.79 Å². The van der Waals surface area contributed by atoms with Crippen molar-refractivity contribution in [1.82, 2.24) is 4.57 Å². The summed E-state index contributed by atoms with van der Waals surface area (Å²) in [6.45, 7) is 4.14. The van der Waals surface area contributed by atoms with Gasteiger partial charge < -0.3 is 9.67 Å². The van der Waals surface area contributed by atoms with Crippen LogP contribution in [-0.2, 0) is 0 Å². The number of hydrogen-bond acceptors (Lipinski definition) is 2. The Bertz CT molecular complexity index is 309. The Morgan fingerprint density at radius 2 is 2.43 bits per heavy atom. The van der Waals surface area contributed by atoms with E-state index in [-0.39, 0.29) is 6.04 Å². The van der Waals surface area contributed by atoms with Gasteiger partial charge in [0.25, 0.3) is 0 Å². The fourth-order valence-corrected chi connectivity index (χ4v) is 2.07. The molecule has 3 nitrogen and oxygen atoms in total. The summed E-state index contributed by atoms with van der Waals surface area (Å²) in [5.74, 6) is 1.16. The van der Waals surface area contributed by atoms with Crippen LogP contribution in [0.3, 0.4) is 0 Å². The molecule has 14 heavy (non-hydrogen) atoms. The molecule has 1 aromatic heterocycles. The molecule has 0 aliphatic carbocycles. The number of aromatic carboxylic acids is 1. The van der Waals surface area contributed by atoms with E-state index in [4.69, 9.17) is 5.11 Å². The molecule has 0 fully saturated rings. The summed E-state index contributed by atoms with van der Waals surface area (Å²) in [6, 6.07) is 3.65. The van der Waals surface area contributed by atoms with Crippen LogP contribution in [0.1, 0.15) is 30.4 Å². The highest BCUT2D eigenvalue weighted by molar-refractivity contribution is 7.99. The van der Waals surface area contributed by atoms with Gasteiger partial charge in [0, 0.05) is 18.0 Å². The van der Waals surface area contributed by atoms with Gasteiger partial charge in [0.05, 0.1) is 0 Å². The molecule has 1 heterocycles. The van der Waals surface area contributed by atoms with Gasteiger partial charge in [-0.05, 0) is 24.8 Å². The fraction of sp³-hybridized carbons (Fsp3) is 0.500. The molecular weight excluding hydrogens is 198 g/mol. The number of rotatable bonds is 5. The third-order valence-electron chi connectivity index (χ3n) is 2.04. The molecule has 1 N–H and O–H groups in total. The summed E-state index contributed by atoms with van der Waals surface area (Å²) < 4.78 is 1.81. The van der Waals surface area contributed by atoms with Gasteiger partial charge in [0.15, 0.2) is 0 Å². The number of hydrogen-bond donors (Lipinski definition) is 1. The van der Waals surface area contributed by atoms with Gasteiger partial charge in [-0.3, -0.25) is 0 Å². The molecule has 0 saturated heterocycles. The normalized spacial score (nSPS) is 12.7. The zero-order chi connectivity index (χ0) is 10.6. The maximum absolute atomic E-state index is 10.8. The first-order valence-electron chi connectivity index (χ1n) is 4.64. The zero-order valence-electron chi connectivity index (χ0n) is 8.43. The van der Waals surface area contributed by atoms with Gasteiger partial charge in [-0.25, -0.2) is 4.79 Å².